The Kier molecular flexibility index (Phi) is 9.61. The average molecular weight is 954 g/mol. The Balaban J connectivity index is 1.12. The highest BCUT2D eigenvalue weighted by Gasteiger charge is 2.50. The predicted octanol–water partition coefficient (Wildman–Crippen LogP) is 17.1. The van der Waals surface area contributed by atoms with Crippen LogP contribution in [0.2, 0.25) is 0 Å². The maximum atomic E-state index is 7.24. The number of aryl methyl sites for hydroxylation is 2. The summed E-state index contributed by atoms with van der Waals surface area (Å²) in [5.41, 5.74) is 27.8. The quantitative estimate of drug-likeness (QED) is 0.164. The Bertz CT molecular complexity index is 3860. The molecule has 364 valence electrons. The largest absolute Gasteiger partial charge is 0.454 e. The van der Waals surface area contributed by atoms with Crippen LogP contribution in [0.5, 0.6) is 0 Å². The van der Waals surface area contributed by atoms with E-state index >= 15 is 0 Å². The van der Waals surface area contributed by atoms with E-state index in [1.807, 2.05) is 0 Å². The fraction of sp³-hybridized carbons (Fsp3) is 0.294. The van der Waals surface area contributed by atoms with Gasteiger partial charge in [-0.15, -0.1) is 0 Å². The molecule has 0 saturated heterocycles. The summed E-state index contributed by atoms with van der Waals surface area (Å²) < 4.78 is 9.95. The van der Waals surface area contributed by atoms with Crippen molar-refractivity contribution in [2.75, 3.05) is 9.80 Å². The highest BCUT2D eigenvalue weighted by atomic mass is 16.3. The zero-order valence-electron chi connectivity index (χ0n) is 45.4. The van der Waals surface area contributed by atoms with E-state index in [-0.39, 0.29) is 34.4 Å². The first-order valence-electron chi connectivity index (χ1n) is 26.7. The molecule has 0 saturated carbocycles. The summed E-state index contributed by atoms with van der Waals surface area (Å²) in [6.07, 6.45) is 3.43. The van der Waals surface area contributed by atoms with Crippen molar-refractivity contribution < 1.29 is 4.42 Å². The number of furan rings is 1. The van der Waals surface area contributed by atoms with Crippen LogP contribution in [-0.4, -0.2) is 17.3 Å². The minimum atomic E-state index is -0.194. The minimum absolute atomic E-state index is 0.0119. The lowest BCUT2D eigenvalue weighted by molar-refractivity contribution is 0.587. The van der Waals surface area contributed by atoms with E-state index in [1.165, 1.54) is 106 Å². The minimum Gasteiger partial charge on any atom is -0.454 e. The number of fused-ring (bicyclic) bond motifs is 12. The maximum Gasteiger partial charge on any atom is 0.247 e. The van der Waals surface area contributed by atoms with Crippen LogP contribution in [-0.2, 0) is 21.7 Å². The highest BCUT2D eigenvalue weighted by molar-refractivity contribution is 6.95. The highest BCUT2D eigenvalue weighted by Crippen LogP contribution is 2.57. The Morgan fingerprint density at radius 2 is 1.23 bits per heavy atom. The topological polar surface area (TPSA) is 24.6 Å². The first-order valence-corrected chi connectivity index (χ1v) is 26.7. The number of aromatic nitrogens is 1. The molecule has 0 N–H and O–H groups in total. The monoisotopic (exact) mass is 954 g/mol. The van der Waals surface area contributed by atoms with Gasteiger partial charge in [0.25, 0.3) is 0 Å². The number of para-hydroxylation sites is 2. The van der Waals surface area contributed by atoms with Crippen molar-refractivity contribution in [3.63, 3.8) is 0 Å². The van der Waals surface area contributed by atoms with Crippen LogP contribution in [0.1, 0.15) is 129 Å². The third-order valence-corrected chi connectivity index (χ3v) is 17.3. The summed E-state index contributed by atoms with van der Waals surface area (Å²) >= 11 is 0. The smallest absolute Gasteiger partial charge is 0.247 e. The standard InChI is InChI=1S/C68H68BN3O/c1-39-33-57-61-58(34-39)72-62-49(60-48-19-15-16-22-50(48)68(13,14)64(60)72)21-17-23-52(62)69(61)51-30-28-45(38-56(51)71(57)55-24-18-20-47-46-29-25-44(67(10,11)12)37-59(46)73-63(47)55)70(53-31-26-42(35-40(53)2)65(4,5)6)54-32-27-43(36-41(54)3)66(7,8)9/h15-32,34-38,57H,33H2,1-14H3. The van der Waals surface area contributed by atoms with Gasteiger partial charge in [-0.3, -0.25) is 0 Å². The second-order valence-electron chi connectivity index (χ2n) is 25.6. The number of anilines is 5. The molecule has 13 rings (SSSR count). The molecule has 4 nitrogen and oxygen atoms in total. The summed E-state index contributed by atoms with van der Waals surface area (Å²) in [5, 5.41) is 3.65. The molecule has 73 heavy (non-hydrogen) atoms. The first kappa shape index (κ1) is 45.9. The average Bonchev–Trinajstić information content (AvgIpc) is 3.98. The first-order chi connectivity index (χ1) is 34.6. The van der Waals surface area contributed by atoms with Crippen LogP contribution in [0.4, 0.5) is 28.4 Å². The summed E-state index contributed by atoms with van der Waals surface area (Å²) in [6.45, 7) is 32.6. The second kappa shape index (κ2) is 15.3. The molecule has 0 spiro atoms. The van der Waals surface area contributed by atoms with Gasteiger partial charge >= 0.3 is 0 Å². The van der Waals surface area contributed by atoms with Crippen LogP contribution in [0.15, 0.2) is 155 Å². The fourth-order valence-corrected chi connectivity index (χ4v) is 13.5. The normalized spacial score (nSPS) is 16.8. The van der Waals surface area contributed by atoms with Gasteiger partial charge in [-0.1, -0.05) is 179 Å². The third kappa shape index (κ3) is 6.59. The van der Waals surface area contributed by atoms with Crippen LogP contribution < -0.4 is 20.7 Å². The van der Waals surface area contributed by atoms with E-state index < -0.39 is 0 Å². The van der Waals surface area contributed by atoms with E-state index in [2.05, 4.69) is 251 Å². The molecule has 1 unspecified atom stereocenters. The molecule has 1 atom stereocenters. The number of nitrogens with zero attached hydrogens (tertiary/aromatic N) is 3. The van der Waals surface area contributed by atoms with E-state index in [0.717, 1.165) is 39.7 Å². The van der Waals surface area contributed by atoms with Crippen molar-refractivity contribution in [3.05, 3.63) is 190 Å². The van der Waals surface area contributed by atoms with Crippen LogP contribution >= 0.6 is 0 Å². The Hall–Kier alpha value is -6.98. The van der Waals surface area contributed by atoms with Gasteiger partial charge in [-0.05, 0) is 141 Å². The summed E-state index contributed by atoms with van der Waals surface area (Å²) in [4.78, 5) is 5.24. The number of benzene rings is 7. The SMILES string of the molecule is CC1=CC2=C3B(c4ccc(N(c5ccc(C(C)(C)C)cc5C)c5ccc(C(C)(C)C)cc5C)cc4N(c4cccc5c4oc4cc(C(C)(C)C)ccc45)C3C1)c1cccc3c4c(n2c13)C(C)(C)c1ccccc1-4. The van der Waals surface area contributed by atoms with Gasteiger partial charge in [0.2, 0.25) is 6.71 Å². The predicted molar refractivity (Wildman–Crippen MR) is 312 cm³/mol. The molecule has 0 amide bonds. The van der Waals surface area contributed by atoms with E-state index in [0.29, 0.717) is 0 Å². The van der Waals surface area contributed by atoms with Crippen LogP contribution in [0.3, 0.4) is 0 Å². The van der Waals surface area contributed by atoms with Crippen molar-refractivity contribution >= 4 is 84.6 Å². The van der Waals surface area contributed by atoms with Gasteiger partial charge in [0.05, 0.1) is 11.7 Å². The van der Waals surface area contributed by atoms with Crippen molar-refractivity contribution in [2.24, 2.45) is 0 Å². The molecule has 4 aliphatic rings. The number of allylic oxidation sites excluding steroid dienone is 2. The zero-order valence-corrected chi connectivity index (χ0v) is 45.4. The van der Waals surface area contributed by atoms with Crippen LogP contribution in [0.25, 0.3) is 49.7 Å². The molecule has 0 bridgehead atoms. The van der Waals surface area contributed by atoms with Gasteiger partial charge in [-0.25, -0.2) is 0 Å². The Morgan fingerprint density at radius 3 is 1.90 bits per heavy atom. The van der Waals surface area contributed by atoms with Crippen molar-refractivity contribution in [1.82, 2.24) is 4.57 Å². The van der Waals surface area contributed by atoms with Gasteiger partial charge in [0, 0.05) is 66.8 Å². The molecule has 0 fully saturated rings. The van der Waals surface area contributed by atoms with Gasteiger partial charge in [-0.2, -0.15) is 0 Å². The Labute approximate surface area is 433 Å². The van der Waals surface area contributed by atoms with Gasteiger partial charge in [0.1, 0.15) is 5.58 Å². The number of hydrogen-bond donors (Lipinski definition) is 0. The summed E-state index contributed by atoms with van der Waals surface area (Å²) in [6, 6.07) is 51.7. The molecular formula is C68H68BN3O. The number of rotatable bonds is 4. The maximum absolute atomic E-state index is 7.24. The molecular weight excluding hydrogens is 886 g/mol. The summed E-state index contributed by atoms with van der Waals surface area (Å²) in [7, 11) is 0. The van der Waals surface area contributed by atoms with E-state index in [4.69, 9.17) is 4.42 Å². The number of hydrogen-bond acceptors (Lipinski definition) is 3. The summed E-state index contributed by atoms with van der Waals surface area (Å²) in [5.74, 6) is 0. The Morgan fingerprint density at radius 1 is 0.603 bits per heavy atom. The second-order valence-corrected chi connectivity index (χ2v) is 25.6. The van der Waals surface area contributed by atoms with Crippen LogP contribution in [0, 0.1) is 13.8 Å². The van der Waals surface area contributed by atoms with E-state index in [9.17, 15) is 0 Å². The molecule has 9 aromatic rings. The van der Waals surface area contributed by atoms with E-state index in [1.54, 1.807) is 0 Å². The lowest BCUT2D eigenvalue weighted by Gasteiger charge is -2.48. The van der Waals surface area contributed by atoms with Gasteiger partial charge in [0.15, 0.2) is 5.58 Å². The molecule has 4 heterocycles. The molecule has 5 heteroatoms. The molecule has 7 aromatic carbocycles. The van der Waals surface area contributed by atoms with Gasteiger partial charge < -0.3 is 18.8 Å². The zero-order chi connectivity index (χ0) is 51.0. The lowest BCUT2D eigenvalue weighted by Crippen LogP contribution is -2.59. The fourth-order valence-electron chi connectivity index (χ4n) is 13.5. The molecule has 2 aliphatic carbocycles. The lowest BCUT2D eigenvalue weighted by atomic mass is 9.31. The molecule has 2 aliphatic heterocycles. The van der Waals surface area contributed by atoms with Crippen molar-refractivity contribution in [2.45, 2.75) is 131 Å². The molecule has 0 radical (unpaired) electrons. The third-order valence-electron chi connectivity index (χ3n) is 17.3. The molecule has 2 aromatic heterocycles. The van der Waals surface area contributed by atoms with Crippen molar-refractivity contribution in [1.29, 1.82) is 0 Å². The van der Waals surface area contributed by atoms with Crippen molar-refractivity contribution in [3.8, 4) is 11.1 Å².